The molecule has 0 radical (unpaired) electrons. The van der Waals surface area contributed by atoms with Crippen LogP contribution in [0.1, 0.15) is 25.3 Å². The number of halogens is 1. The lowest BCUT2D eigenvalue weighted by molar-refractivity contribution is -0.120. The number of nitrogens with zero attached hydrogens (tertiary/aromatic N) is 1. The Morgan fingerprint density at radius 2 is 1.86 bits per heavy atom. The molecule has 2 aromatic rings. The lowest BCUT2D eigenvalue weighted by Crippen LogP contribution is -2.41. The van der Waals surface area contributed by atoms with E-state index in [-0.39, 0.29) is 24.4 Å². The number of amides is 1. The third-order valence-corrected chi connectivity index (χ3v) is 5.36. The highest BCUT2D eigenvalue weighted by Crippen LogP contribution is 2.33. The highest BCUT2D eigenvalue weighted by atomic mass is 35.5. The van der Waals surface area contributed by atoms with Crippen molar-refractivity contribution in [3.63, 3.8) is 0 Å². The second-order valence-electron chi connectivity index (χ2n) is 7.09. The van der Waals surface area contributed by atoms with Crippen LogP contribution >= 0.6 is 12.4 Å². The summed E-state index contributed by atoms with van der Waals surface area (Å²) in [5.41, 5.74) is 8.11. The summed E-state index contributed by atoms with van der Waals surface area (Å²) < 4.78 is 5.44. The lowest BCUT2D eigenvalue weighted by atomic mass is 9.89. The topological polar surface area (TPSA) is 67.6 Å². The zero-order valence-corrected chi connectivity index (χ0v) is 17.3. The molecule has 2 aromatic carbocycles. The summed E-state index contributed by atoms with van der Waals surface area (Å²) in [5, 5.41) is 3.01. The zero-order chi connectivity index (χ0) is 19.2. The predicted molar refractivity (Wildman–Crippen MR) is 116 cm³/mol. The summed E-state index contributed by atoms with van der Waals surface area (Å²) in [5.74, 6) is 1.55. The molecule has 1 heterocycles. The Morgan fingerprint density at radius 1 is 1.18 bits per heavy atom. The van der Waals surface area contributed by atoms with Gasteiger partial charge < -0.3 is 15.8 Å². The number of nitrogens with two attached hydrogens (primary N) is 1. The van der Waals surface area contributed by atoms with Crippen LogP contribution in [0.15, 0.2) is 54.6 Å². The SMILES string of the molecule is CCOc1ccc(NC(=O)C(C)N2C[C@@H](CN)[C@H](c3ccccc3)C2)cc1.Cl. The van der Waals surface area contributed by atoms with E-state index < -0.39 is 0 Å². The van der Waals surface area contributed by atoms with Gasteiger partial charge in [0.15, 0.2) is 0 Å². The summed E-state index contributed by atoms with van der Waals surface area (Å²) in [6.45, 7) is 6.86. The molecule has 0 aromatic heterocycles. The van der Waals surface area contributed by atoms with Crippen LogP contribution in [-0.2, 0) is 4.79 Å². The van der Waals surface area contributed by atoms with Crippen molar-refractivity contribution < 1.29 is 9.53 Å². The average Bonchev–Trinajstić information content (AvgIpc) is 3.14. The predicted octanol–water partition coefficient (Wildman–Crippen LogP) is 3.51. The molecule has 1 aliphatic heterocycles. The van der Waals surface area contributed by atoms with Crippen LogP contribution in [0.4, 0.5) is 5.69 Å². The van der Waals surface area contributed by atoms with Crippen molar-refractivity contribution in [3.8, 4) is 5.75 Å². The van der Waals surface area contributed by atoms with Crippen LogP contribution in [-0.4, -0.2) is 43.1 Å². The Labute approximate surface area is 173 Å². The molecule has 1 amide bonds. The number of ether oxygens (including phenoxy) is 1. The van der Waals surface area contributed by atoms with E-state index in [0.717, 1.165) is 24.5 Å². The smallest absolute Gasteiger partial charge is 0.241 e. The summed E-state index contributed by atoms with van der Waals surface area (Å²) in [6, 6.07) is 17.7. The lowest BCUT2D eigenvalue weighted by Gasteiger charge is -2.23. The quantitative estimate of drug-likeness (QED) is 0.742. The molecule has 3 rings (SSSR count). The molecule has 28 heavy (non-hydrogen) atoms. The summed E-state index contributed by atoms with van der Waals surface area (Å²) in [4.78, 5) is 15.0. The normalized spacial score (nSPS) is 20.2. The minimum Gasteiger partial charge on any atom is -0.494 e. The summed E-state index contributed by atoms with van der Waals surface area (Å²) >= 11 is 0. The first-order valence-corrected chi connectivity index (χ1v) is 9.65. The van der Waals surface area contributed by atoms with Crippen LogP contribution in [0.25, 0.3) is 0 Å². The van der Waals surface area contributed by atoms with Gasteiger partial charge in [-0.05, 0) is 56.1 Å². The number of hydrogen-bond donors (Lipinski definition) is 2. The molecule has 1 unspecified atom stereocenters. The highest BCUT2D eigenvalue weighted by Gasteiger charge is 2.36. The number of rotatable bonds is 7. The number of nitrogens with one attached hydrogen (secondary N) is 1. The summed E-state index contributed by atoms with van der Waals surface area (Å²) in [6.07, 6.45) is 0. The van der Waals surface area contributed by atoms with Gasteiger partial charge in [0.25, 0.3) is 0 Å². The fraction of sp³-hybridized carbons (Fsp3) is 0.409. The van der Waals surface area contributed by atoms with E-state index in [9.17, 15) is 4.79 Å². The number of likely N-dealkylation sites (tertiary alicyclic amines) is 1. The molecule has 1 fully saturated rings. The zero-order valence-electron chi connectivity index (χ0n) is 16.5. The van der Waals surface area contributed by atoms with Crippen molar-refractivity contribution in [2.45, 2.75) is 25.8 Å². The standard InChI is InChI=1S/C22H29N3O2.ClH/c1-3-27-20-11-9-19(10-12-20)24-22(26)16(2)25-14-18(13-23)21(15-25)17-7-5-4-6-8-17;/h4-12,16,18,21H,3,13-15,23H2,1-2H3,(H,24,26);1H/t16?,18-,21+;/m1./s1. The number of carbonyl (C=O) groups is 1. The Hall–Kier alpha value is -2.08. The molecule has 1 saturated heterocycles. The van der Waals surface area contributed by atoms with E-state index >= 15 is 0 Å². The van der Waals surface area contributed by atoms with Gasteiger partial charge in [-0.3, -0.25) is 9.69 Å². The molecule has 3 atom stereocenters. The van der Waals surface area contributed by atoms with Crippen LogP contribution in [0, 0.1) is 5.92 Å². The second kappa shape index (κ2) is 10.5. The number of benzene rings is 2. The van der Waals surface area contributed by atoms with Crippen molar-refractivity contribution in [3.05, 3.63) is 60.2 Å². The molecule has 1 aliphatic rings. The van der Waals surface area contributed by atoms with Crippen LogP contribution in [0.2, 0.25) is 0 Å². The van der Waals surface area contributed by atoms with E-state index in [1.807, 2.05) is 44.2 Å². The Kier molecular flexibility index (Phi) is 8.30. The maximum absolute atomic E-state index is 12.7. The Morgan fingerprint density at radius 3 is 2.46 bits per heavy atom. The van der Waals surface area contributed by atoms with Gasteiger partial charge >= 0.3 is 0 Å². The van der Waals surface area contributed by atoms with Crippen LogP contribution in [0.5, 0.6) is 5.75 Å². The number of anilines is 1. The Bertz CT molecular complexity index is 739. The molecule has 3 N–H and O–H groups in total. The van der Waals surface area contributed by atoms with E-state index in [1.54, 1.807) is 0 Å². The van der Waals surface area contributed by atoms with Gasteiger partial charge in [-0.15, -0.1) is 12.4 Å². The van der Waals surface area contributed by atoms with Gasteiger partial charge in [0, 0.05) is 24.7 Å². The maximum atomic E-state index is 12.7. The first kappa shape index (κ1) is 22.2. The molecule has 6 heteroatoms. The molecule has 0 spiro atoms. The van der Waals surface area contributed by atoms with E-state index in [2.05, 4.69) is 34.5 Å². The van der Waals surface area contributed by atoms with E-state index in [4.69, 9.17) is 10.5 Å². The fourth-order valence-corrected chi connectivity index (χ4v) is 3.75. The van der Waals surface area contributed by atoms with Crippen molar-refractivity contribution >= 4 is 24.0 Å². The molecule has 152 valence electrons. The fourth-order valence-electron chi connectivity index (χ4n) is 3.75. The Balaban J connectivity index is 0.00000280. The molecule has 5 nitrogen and oxygen atoms in total. The van der Waals surface area contributed by atoms with Gasteiger partial charge in [0.1, 0.15) is 5.75 Å². The minimum absolute atomic E-state index is 0. The third-order valence-electron chi connectivity index (χ3n) is 5.36. The maximum Gasteiger partial charge on any atom is 0.241 e. The van der Waals surface area contributed by atoms with Crippen molar-refractivity contribution in [1.29, 1.82) is 0 Å². The first-order valence-electron chi connectivity index (χ1n) is 9.65. The molecule has 0 bridgehead atoms. The average molecular weight is 404 g/mol. The monoisotopic (exact) mass is 403 g/mol. The largest absolute Gasteiger partial charge is 0.494 e. The second-order valence-corrected chi connectivity index (χ2v) is 7.09. The van der Waals surface area contributed by atoms with E-state index in [0.29, 0.717) is 25.0 Å². The number of carbonyl (C=O) groups excluding carboxylic acids is 1. The van der Waals surface area contributed by atoms with Gasteiger partial charge in [-0.1, -0.05) is 30.3 Å². The summed E-state index contributed by atoms with van der Waals surface area (Å²) in [7, 11) is 0. The van der Waals surface area contributed by atoms with Crippen molar-refractivity contribution in [2.75, 3.05) is 31.6 Å². The van der Waals surface area contributed by atoms with Gasteiger partial charge in [0.05, 0.1) is 12.6 Å². The van der Waals surface area contributed by atoms with Gasteiger partial charge in [-0.25, -0.2) is 0 Å². The third kappa shape index (κ3) is 5.25. The molecular weight excluding hydrogens is 374 g/mol. The molecular formula is C22H30ClN3O2. The molecule has 0 aliphatic carbocycles. The van der Waals surface area contributed by atoms with E-state index in [1.165, 1.54) is 5.56 Å². The van der Waals surface area contributed by atoms with Crippen molar-refractivity contribution in [2.24, 2.45) is 11.7 Å². The molecule has 0 saturated carbocycles. The van der Waals surface area contributed by atoms with Crippen molar-refractivity contribution in [1.82, 2.24) is 4.90 Å². The van der Waals surface area contributed by atoms with Crippen LogP contribution < -0.4 is 15.8 Å². The highest BCUT2D eigenvalue weighted by molar-refractivity contribution is 5.94. The van der Waals surface area contributed by atoms with Crippen LogP contribution in [0.3, 0.4) is 0 Å². The minimum atomic E-state index is -0.209. The first-order chi connectivity index (χ1) is 13.1. The van der Waals surface area contributed by atoms with Gasteiger partial charge in [-0.2, -0.15) is 0 Å². The number of hydrogen-bond acceptors (Lipinski definition) is 4. The van der Waals surface area contributed by atoms with Gasteiger partial charge in [0.2, 0.25) is 5.91 Å².